The van der Waals surface area contributed by atoms with Crippen LogP contribution in [0.3, 0.4) is 0 Å². The van der Waals surface area contributed by atoms with E-state index in [2.05, 4.69) is 11.4 Å². The van der Waals surface area contributed by atoms with Gasteiger partial charge in [0.25, 0.3) is 5.91 Å². The summed E-state index contributed by atoms with van der Waals surface area (Å²) >= 11 is 7.38. The molecule has 0 radical (unpaired) electrons. The van der Waals surface area contributed by atoms with Crippen LogP contribution in [-0.4, -0.2) is 13.0 Å². The Hall–Kier alpha value is -2.81. The van der Waals surface area contributed by atoms with Crippen molar-refractivity contribution in [1.29, 1.82) is 5.26 Å². The molecular formula is C20H15ClN2O2S. The molecule has 0 saturated heterocycles. The molecule has 0 atom stereocenters. The molecule has 3 aromatic rings. The number of hydrogen-bond acceptors (Lipinski definition) is 4. The molecule has 2 aromatic carbocycles. The quantitative estimate of drug-likeness (QED) is 0.647. The smallest absolute Gasteiger partial charge is 0.260 e. The summed E-state index contributed by atoms with van der Waals surface area (Å²) in [5.41, 5.74) is 2.55. The normalized spacial score (nSPS) is 10.2. The molecule has 1 N–H and O–H groups in total. The molecule has 0 spiro atoms. The number of aryl methyl sites for hydroxylation is 1. The minimum Gasteiger partial charge on any atom is -0.496 e. The highest BCUT2D eigenvalue weighted by Gasteiger charge is 2.21. The van der Waals surface area contributed by atoms with Gasteiger partial charge in [0.1, 0.15) is 16.8 Å². The Morgan fingerprint density at radius 3 is 2.62 bits per heavy atom. The van der Waals surface area contributed by atoms with Crippen LogP contribution in [0, 0.1) is 18.3 Å². The summed E-state index contributed by atoms with van der Waals surface area (Å²) in [6, 6.07) is 16.7. The van der Waals surface area contributed by atoms with Crippen LogP contribution in [0.1, 0.15) is 20.8 Å². The van der Waals surface area contributed by atoms with E-state index in [-0.39, 0.29) is 5.91 Å². The van der Waals surface area contributed by atoms with Gasteiger partial charge < -0.3 is 10.1 Å². The molecule has 1 aromatic heterocycles. The summed E-state index contributed by atoms with van der Waals surface area (Å²) in [6.07, 6.45) is 0. The van der Waals surface area contributed by atoms with Gasteiger partial charge in [-0.3, -0.25) is 4.79 Å². The number of anilines is 1. The number of ether oxygens (including phenoxy) is 1. The average molecular weight is 383 g/mol. The first-order valence-electron chi connectivity index (χ1n) is 7.79. The Kier molecular flexibility index (Phi) is 5.27. The van der Waals surface area contributed by atoms with Crippen LogP contribution in [0.5, 0.6) is 5.75 Å². The van der Waals surface area contributed by atoms with Crippen LogP contribution < -0.4 is 10.1 Å². The van der Waals surface area contributed by atoms with E-state index in [1.54, 1.807) is 18.2 Å². The first-order valence-corrected chi connectivity index (χ1v) is 8.98. The van der Waals surface area contributed by atoms with Crippen LogP contribution in [-0.2, 0) is 0 Å². The maximum absolute atomic E-state index is 12.7. The lowest BCUT2D eigenvalue weighted by Gasteiger charge is -2.09. The molecule has 3 rings (SSSR count). The van der Waals surface area contributed by atoms with E-state index in [9.17, 15) is 10.1 Å². The maximum atomic E-state index is 12.7. The number of carbonyl (C=O) groups is 1. The molecular weight excluding hydrogens is 368 g/mol. The van der Waals surface area contributed by atoms with Gasteiger partial charge in [-0.1, -0.05) is 41.9 Å². The molecule has 0 unspecified atom stereocenters. The zero-order valence-electron chi connectivity index (χ0n) is 14.2. The fraction of sp³-hybridized carbons (Fsp3) is 0.100. The van der Waals surface area contributed by atoms with Crippen molar-refractivity contribution < 1.29 is 9.53 Å². The average Bonchev–Trinajstić information content (AvgIpc) is 2.97. The van der Waals surface area contributed by atoms with Gasteiger partial charge in [0, 0.05) is 15.5 Å². The number of carbonyl (C=O) groups excluding carboxylic acids is 1. The first kappa shape index (κ1) is 18.0. The molecule has 0 aliphatic heterocycles. The lowest BCUT2D eigenvalue weighted by Crippen LogP contribution is -2.13. The fourth-order valence-electron chi connectivity index (χ4n) is 2.72. The first-order chi connectivity index (χ1) is 12.5. The minimum absolute atomic E-state index is 0.316. The molecule has 0 aliphatic carbocycles. The highest BCUT2D eigenvalue weighted by molar-refractivity contribution is 7.17. The monoisotopic (exact) mass is 382 g/mol. The lowest BCUT2D eigenvalue weighted by molar-refractivity contribution is 0.102. The number of methoxy groups -OCH3 is 1. The molecule has 0 aliphatic rings. The van der Waals surface area contributed by atoms with E-state index in [1.807, 2.05) is 37.3 Å². The van der Waals surface area contributed by atoms with E-state index in [1.165, 1.54) is 18.4 Å². The summed E-state index contributed by atoms with van der Waals surface area (Å²) in [4.78, 5) is 13.7. The Bertz CT molecular complexity index is 1010. The van der Waals surface area contributed by atoms with Gasteiger partial charge in [0.2, 0.25) is 0 Å². The number of nitrogens with one attached hydrogen (secondary N) is 1. The molecule has 0 bridgehead atoms. The second-order valence-corrected chi connectivity index (χ2v) is 7.18. The summed E-state index contributed by atoms with van der Waals surface area (Å²) in [7, 11) is 1.49. The van der Waals surface area contributed by atoms with E-state index < -0.39 is 0 Å². The topological polar surface area (TPSA) is 62.1 Å². The van der Waals surface area contributed by atoms with E-state index in [4.69, 9.17) is 16.3 Å². The Morgan fingerprint density at radius 2 is 1.96 bits per heavy atom. The van der Waals surface area contributed by atoms with Crippen LogP contribution >= 0.6 is 22.9 Å². The van der Waals surface area contributed by atoms with Gasteiger partial charge in [0.05, 0.1) is 18.2 Å². The SMILES string of the molecule is COc1ccc(Cl)cc1C(=O)Nc1sc(C)c(-c2ccccc2)c1C#N. The Morgan fingerprint density at radius 1 is 1.23 bits per heavy atom. The standard InChI is InChI=1S/C20H15ClN2O2S/c1-12-18(13-6-4-3-5-7-13)16(11-22)20(26-12)23-19(24)15-10-14(21)8-9-17(15)25-2/h3-10H,1-2H3,(H,23,24). The minimum atomic E-state index is -0.373. The number of halogens is 1. The van der Waals surface area contributed by atoms with Gasteiger partial charge in [0.15, 0.2) is 0 Å². The largest absolute Gasteiger partial charge is 0.496 e. The molecule has 1 amide bonds. The maximum Gasteiger partial charge on any atom is 0.260 e. The van der Waals surface area contributed by atoms with Crippen molar-refractivity contribution in [3.8, 4) is 22.9 Å². The predicted molar refractivity (Wildman–Crippen MR) is 105 cm³/mol. The molecule has 0 saturated carbocycles. The van der Waals surface area contributed by atoms with Crippen molar-refractivity contribution >= 4 is 33.8 Å². The Balaban J connectivity index is 2.01. The number of nitrogens with zero attached hydrogens (tertiary/aromatic N) is 1. The van der Waals surface area contributed by atoms with Crippen molar-refractivity contribution in [2.45, 2.75) is 6.92 Å². The molecule has 6 heteroatoms. The highest BCUT2D eigenvalue weighted by Crippen LogP contribution is 2.39. The van der Waals surface area contributed by atoms with E-state index in [0.29, 0.717) is 26.9 Å². The zero-order chi connectivity index (χ0) is 18.7. The molecule has 4 nitrogen and oxygen atoms in total. The van der Waals surface area contributed by atoms with Crippen LogP contribution in [0.25, 0.3) is 11.1 Å². The van der Waals surface area contributed by atoms with Crippen molar-refractivity contribution in [1.82, 2.24) is 0 Å². The highest BCUT2D eigenvalue weighted by atomic mass is 35.5. The second-order valence-electron chi connectivity index (χ2n) is 5.51. The van der Waals surface area contributed by atoms with Gasteiger partial charge in [-0.15, -0.1) is 11.3 Å². The van der Waals surface area contributed by atoms with Crippen molar-refractivity contribution in [3.63, 3.8) is 0 Å². The fourth-order valence-corrected chi connectivity index (χ4v) is 3.91. The summed E-state index contributed by atoms with van der Waals surface area (Å²) in [5.74, 6) is 0.0451. The number of nitriles is 1. The van der Waals surface area contributed by atoms with Crippen LogP contribution in [0.2, 0.25) is 5.02 Å². The molecule has 26 heavy (non-hydrogen) atoms. The summed E-state index contributed by atoms with van der Waals surface area (Å²) in [6.45, 7) is 1.93. The van der Waals surface area contributed by atoms with E-state index in [0.717, 1.165) is 16.0 Å². The molecule has 1 heterocycles. The van der Waals surface area contributed by atoms with Gasteiger partial charge in [-0.2, -0.15) is 5.26 Å². The number of rotatable bonds is 4. The number of amides is 1. The van der Waals surface area contributed by atoms with E-state index >= 15 is 0 Å². The van der Waals surface area contributed by atoms with Crippen molar-refractivity contribution in [2.24, 2.45) is 0 Å². The van der Waals surface area contributed by atoms with Gasteiger partial charge in [-0.25, -0.2) is 0 Å². The van der Waals surface area contributed by atoms with Crippen molar-refractivity contribution in [3.05, 3.63) is 69.6 Å². The number of benzene rings is 2. The van der Waals surface area contributed by atoms with Crippen molar-refractivity contribution in [2.75, 3.05) is 12.4 Å². The van der Waals surface area contributed by atoms with Crippen LogP contribution in [0.4, 0.5) is 5.00 Å². The van der Waals surface area contributed by atoms with Gasteiger partial charge in [-0.05, 0) is 30.7 Å². The molecule has 0 fully saturated rings. The number of hydrogen-bond donors (Lipinski definition) is 1. The predicted octanol–water partition coefficient (Wildman–Crippen LogP) is 5.51. The van der Waals surface area contributed by atoms with Gasteiger partial charge >= 0.3 is 0 Å². The third-order valence-electron chi connectivity index (χ3n) is 3.89. The number of thiophene rings is 1. The summed E-state index contributed by atoms with van der Waals surface area (Å²) in [5, 5.41) is 13.4. The second kappa shape index (κ2) is 7.61. The molecule has 130 valence electrons. The third kappa shape index (κ3) is 3.43. The lowest BCUT2D eigenvalue weighted by atomic mass is 10.0. The Labute approximate surface area is 160 Å². The zero-order valence-corrected chi connectivity index (χ0v) is 15.7. The summed E-state index contributed by atoms with van der Waals surface area (Å²) < 4.78 is 5.23. The third-order valence-corrected chi connectivity index (χ3v) is 5.15. The van der Waals surface area contributed by atoms with Crippen LogP contribution in [0.15, 0.2) is 48.5 Å².